The first-order valence-electron chi connectivity index (χ1n) is 9.91. The number of rotatable bonds is 9. The molecule has 1 fully saturated rings. The van der Waals surface area contributed by atoms with Crippen LogP contribution in [-0.2, 0) is 6.54 Å². The largest absolute Gasteiger partial charge is 0.497 e. The number of nitrogens with zero attached hydrogens (tertiary/aromatic N) is 2. The molecule has 0 aromatic heterocycles. The van der Waals surface area contributed by atoms with Crippen LogP contribution in [0.25, 0.3) is 0 Å². The predicted molar refractivity (Wildman–Crippen MR) is 123 cm³/mol. The van der Waals surface area contributed by atoms with Gasteiger partial charge in [-0.15, -0.1) is 24.0 Å². The average Bonchev–Trinajstić information content (AvgIpc) is 2.96. The molecule has 0 spiro atoms. The topological polar surface area (TPSA) is 58.1 Å². The fourth-order valence-corrected chi connectivity index (χ4v) is 3.28. The van der Waals surface area contributed by atoms with Gasteiger partial charge < -0.3 is 25.0 Å². The number of methoxy groups -OCH3 is 1. The summed E-state index contributed by atoms with van der Waals surface area (Å²) in [6.45, 7) is 1.70. The van der Waals surface area contributed by atoms with Gasteiger partial charge in [0.1, 0.15) is 11.5 Å². The Hall–Kier alpha value is -1.36. The molecule has 1 aromatic rings. The Morgan fingerprint density at radius 3 is 2.52 bits per heavy atom. The molecule has 1 aliphatic heterocycles. The second-order valence-corrected chi connectivity index (χ2v) is 6.81. The lowest BCUT2D eigenvalue weighted by atomic mass is 10.2. The summed E-state index contributed by atoms with van der Waals surface area (Å²) in [5.41, 5.74) is 0.605. The number of alkyl halides is 2. The maximum absolute atomic E-state index is 12.7. The molecule has 1 heterocycles. The van der Waals surface area contributed by atoms with E-state index in [4.69, 9.17) is 4.74 Å². The zero-order valence-corrected chi connectivity index (χ0v) is 19.6. The molecule has 2 N–H and O–H groups in total. The first-order chi connectivity index (χ1) is 13.6. The molecule has 1 aromatic carbocycles. The molecule has 0 radical (unpaired) electrons. The van der Waals surface area contributed by atoms with E-state index in [2.05, 4.69) is 25.3 Å². The highest BCUT2D eigenvalue weighted by molar-refractivity contribution is 14.0. The molecule has 0 saturated carbocycles. The number of ether oxygens (including phenoxy) is 2. The van der Waals surface area contributed by atoms with Gasteiger partial charge in [-0.3, -0.25) is 4.99 Å². The first kappa shape index (κ1) is 25.7. The Balaban J connectivity index is 0.00000420. The molecule has 0 atom stereocenters. The van der Waals surface area contributed by atoms with Crippen molar-refractivity contribution in [3.8, 4) is 11.5 Å². The minimum Gasteiger partial charge on any atom is -0.497 e. The lowest BCUT2D eigenvalue weighted by Gasteiger charge is -2.20. The maximum Gasteiger partial charge on any atom is 0.387 e. The van der Waals surface area contributed by atoms with Crippen LogP contribution >= 0.6 is 24.0 Å². The fourth-order valence-electron chi connectivity index (χ4n) is 3.28. The number of hydrogen-bond donors (Lipinski definition) is 2. The van der Waals surface area contributed by atoms with Gasteiger partial charge in [-0.2, -0.15) is 8.78 Å². The summed E-state index contributed by atoms with van der Waals surface area (Å²) in [6, 6.07) is 4.88. The highest BCUT2D eigenvalue weighted by Crippen LogP contribution is 2.26. The Bertz CT molecular complexity index is 612. The van der Waals surface area contributed by atoms with Crippen molar-refractivity contribution in [2.75, 3.05) is 40.3 Å². The van der Waals surface area contributed by atoms with E-state index in [1.807, 2.05) is 0 Å². The molecule has 1 aliphatic rings. The third kappa shape index (κ3) is 9.79. The highest BCUT2D eigenvalue weighted by atomic mass is 127. The first-order valence-corrected chi connectivity index (χ1v) is 9.91. The Morgan fingerprint density at radius 1 is 1.17 bits per heavy atom. The van der Waals surface area contributed by atoms with Gasteiger partial charge in [0, 0.05) is 31.8 Å². The van der Waals surface area contributed by atoms with Gasteiger partial charge in [0.15, 0.2) is 5.96 Å². The number of halogens is 3. The normalized spacial score (nSPS) is 15.4. The van der Waals surface area contributed by atoms with E-state index in [-0.39, 0.29) is 29.7 Å². The van der Waals surface area contributed by atoms with Crippen molar-refractivity contribution in [2.24, 2.45) is 4.99 Å². The lowest BCUT2D eigenvalue weighted by molar-refractivity contribution is -0.0505. The third-order valence-electron chi connectivity index (χ3n) is 4.80. The minimum atomic E-state index is -2.89. The summed E-state index contributed by atoms with van der Waals surface area (Å²) in [6.07, 6.45) is 6.30. The summed E-state index contributed by atoms with van der Waals surface area (Å²) >= 11 is 0. The summed E-state index contributed by atoms with van der Waals surface area (Å²) in [5, 5.41) is 6.42. The van der Waals surface area contributed by atoms with Crippen molar-refractivity contribution in [1.82, 2.24) is 15.5 Å². The van der Waals surface area contributed by atoms with Gasteiger partial charge in [0.2, 0.25) is 0 Å². The molecule has 166 valence electrons. The zero-order chi connectivity index (χ0) is 20.2. The van der Waals surface area contributed by atoms with Crippen LogP contribution in [0.3, 0.4) is 0 Å². The molecule has 0 aliphatic carbocycles. The van der Waals surface area contributed by atoms with E-state index in [9.17, 15) is 8.78 Å². The highest BCUT2D eigenvalue weighted by Gasteiger charge is 2.12. The number of guanidine groups is 1. The molecule has 2 rings (SSSR count). The average molecular weight is 526 g/mol. The van der Waals surface area contributed by atoms with E-state index >= 15 is 0 Å². The van der Waals surface area contributed by atoms with Gasteiger partial charge in [-0.05, 0) is 51.0 Å². The summed E-state index contributed by atoms with van der Waals surface area (Å²) in [7, 11) is 3.17. The van der Waals surface area contributed by atoms with Crippen molar-refractivity contribution in [2.45, 2.75) is 45.3 Å². The lowest BCUT2D eigenvalue weighted by Crippen LogP contribution is -2.38. The van der Waals surface area contributed by atoms with E-state index in [1.54, 1.807) is 19.2 Å². The molecule has 1 saturated heterocycles. The monoisotopic (exact) mass is 526 g/mol. The number of likely N-dealkylation sites (tertiary alicyclic amines) is 1. The predicted octanol–water partition coefficient (Wildman–Crippen LogP) is 3.85. The van der Waals surface area contributed by atoms with Crippen LogP contribution in [0.15, 0.2) is 23.2 Å². The molecular weight excluding hydrogens is 493 g/mol. The summed E-state index contributed by atoms with van der Waals surface area (Å²) < 4.78 is 35.0. The van der Waals surface area contributed by atoms with E-state index in [1.165, 1.54) is 51.9 Å². The van der Waals surface area contributed by atoms with Crippen LogP contribution in [0.5, 0.6) is 11.5 Å². The van der Waals surface area contributed by atoms with Crippen molar-refractivity contribution >= 4 is 29.9 Å². The quantitative estimate of drug-likeness (QED) is 0.222. The number of benzene rings is 1. The number of aliphatic imine (C=N–C) groups is 1. The van der Waals surface area contributed by atoms with Crippen LogP contribution < -0.4 is 20.1 Å². The van der Waals surface area contributed by atoms with Gasteiger partial charge in [0.25, 0.3) is 0 Å². The SMILES string of the molecule is CN=C(NCCCN1CCCCCC1)NCc1ccc(OC)cc1OC(F)F.I. The standard InChI is InChI=1S/C20H32F2N4O2.HI/c1-23-20(24-10-7-13-26-11-5-3-4-6-12-26)25-15-16-8-9-17(27-2)14-18(16)28-19(21)22;/h8-9,14,19H,3-7,10-13,15H2,1-2H3,(H2,23,24,25);1H. The molecule has 6 nitrogen and oxygen atoms in total. The van der Waals surface area contributed by atoms with Crippen molar-refractivity contribution < 1.29 is 18.3 Å². The van der Waals surface area contributed by atoms with E-state index in [0.29, 0.717) is 23.8 Å². The van der Waals surface area contributed by atoms with Crippen LogP contribution in [-0.4, -0.2) is 57.8 Å². The van der Waals surface area contributed by atoms with Gasteiger partial charge >= 0.3 is 6.61 Å². The zero-order valence-electron chi connectivity index (χ0n) is 17.3. The Morgan fingerprint density at radius 2 is 1.90 bits per heavy atom. The van der Waals surface area contributed by atoms with Crippen LogP contribution in [0.1, 0.15) is 37.7 Å². The van der Waals surface area contributed by atoms with E-state index in [0.717, 1.165) is 19.5 Å². The molecule has 0 amide bonds. The van der Waals surface area contributed by atoms with Crippen LogP contribution in [0, 0.1) is 0 Å². The number of hydrogen-bond acceptors (Lipinski definition) is 4. The fraction of sp³-hybridized carbons (Fsp3) is 0.650. The number of nitrogens with one attached hydrogen (secondary N) is 2. The minimum absolute atomic E-state index is 0. The molecule has 0 unspecified atom stereocenters. The maximum atomic E-state index is 12.7. The van der Waals surface area contributed by atoms with Gasteiger partial charge in [0.05, 0.1) is 7.11 Å². The molecule has 0 bridgehead atoms. The van der Waals surface area contributed by atoms with Gasteiger partial charge in [-0.25, -0.2) is 0 Å². The Kier molecular flexibility index (Phi) is 12.9. The van der Waals surface area contributed by atoms with Crippen molar-refractivity contribution in [3.05, 3.63) is 23.8 Å². The van der Waals surface area contributed by atoms with Crippen LogP contribution in [0.2, 0.25) is 0 Å². The van der Waals surface area contributed by atoms with Gasteiger partial charge in [-0.1, -0.05) is 12.8 Å². The van der Waals surface area contributed by atoms with Crippen molar-refractivity contribution in [1.29, 1.82) is 0 Å². The molecule has 29 heavy (non-hydrogen) atoms. The second kappa shape index (κ2) is 14.6. The summed E-state index contributed by atoms with van der Waals surface area (Å²) in [4.78, 5) is 6.72. The van der Waals surface area contributed by atoms with Crippen molar-refractivity contribution in [3.63, 3.8) is 0 Å². The van der Waals surface area contributed by atoms with Crippen LogP contribution in [0.4, 0.5) is 8.78 Å². The second-order valence-electron chi connectivity index (χ2n) is 6.81. The molecular formula is C20H33F2IN4O2. The molecule has 9 heteroatoms. The summed E-state index contributed by atoms with van der Waals surface area (Å²) in [5.74, 6) is 1.20. The van der Waals surface area contributed by atoms with E-state index < -0.39 is 6.61 Å². The Labute approximate surface area is 189 Å². The third-order valence-corrected chi connectivity index (χ3v) is 4.80. The smallest absolute Gasteiger partial charge is 0.387 e.